The summed E-state index contributed by atoms with van der Waals surface area (Å²) in [6.45, 7) is 2.06. The Hall–Kier alpha value is -3.14. The first kappa shape index (κ1) is 20.7. The van der Waals surface area contributed by atoms with Crippen LogP contribution in [0.3, 0.4) is 0 Å². The first-order chi connectivity index (χ1) is 15.6. The number of ether oxygens (including phenoxy) is 3. The monoisotopic (exact) mass is 470 g/mol. The minimum atomic E-state index is -0.546. The first-order valence-electron chi connectivity index (χ1n) is 9.91. The van der Waals surface area contributed by atoms with Gasteiger partial charge in [-0.3, -0.25) is 5.32 Å². The molecule has 0 radical (unpaired) electrons. The molecule has 32 heavy (non-hydrogen) atoms. The second kappa shape index (κ2) is 8.78. The molecule has 8 nitrogen and oxygen atoms in total. The van der Waals surface area contributed by atoms with E-state index in [-0.39, 0.29) is 6.61 Å². The Labute approximate surface area is 192 Å². The van der Waals surface area contributed by atoms with Crippen molar-refractivity contribution >= 4 is 45.9 Å². The number of nitrogens with one attached hydrogen (secondary N) is 1. The van der Waals surface area contributed by atoms with Gasteiger partial charge in [0.1, 0.15) is 24.8 Å². The summed E-state index contributed by atoms with van der Waals surface area (Å²) in [7, 11) is 1.58. The number of hydrogen-bond acceptors (Lipinski definition) is 7. The maximum absolute atomic E-state index is 12.3. The third-order valence-corrected chi connectivity index (χ3v) is 6.10. The molecule has 164 valence electrons. The van der Waals surface area contributed by atoms with Gasteiger partial charge in [-0.1, -0.05) is 11.6 Å². The smallest absolute Gasteiger partial charge is 0.411 e. The van der Waals surface area contributed by atoms with Crippen molar-refractivity contribution in [2.24, 2.45) is 0 Å². The van der Waals surface area contributed by atoms with Gasteiger partial charge in [-0.2, -0.15) is 4.37 Å². The van der Waals surface area contributed by atoms with Gasteiger partial charge in [-0.15, -0.1) is 0 Å². The van der Waals surface area contributed by atoms with Gasteiger partial charge >= 0.3 is 6.09 Å². The number of fused-ring (bicyclic) bond motifs is 3. The van der Waals surface area contributed by atoms with Crippen LogP contribution in [-0.2, 0) is 29.2 Å². The number of nitrogens with zero attached hydrogens (tertiary/aromatic N) is 3. The highest BCUT2D eigenvalue weighted by molar-refractivity contribution is 7.06. The first-order valence-corrected chi connectivity index (χ1v) is 11.1. The Kier molecular flexibility index (Phi) is 5.69. The predicted molar refractivity (Wildman–Crippen MR) is 122 cm³/mol. The zero-order valence-electron chi connectivity index (χ0n) is 17.1. The van der Waals surface area contributed by atoms with Crippen LogP contribution < -0.4 is 10.1 Å². The van der Waals surface area contributed by atoms with E-state index in [2.05, 4.69) is 19.2 Å². The lowest BCUT2D eigenvalue weighted by Crippen LogP contribution is -2.16. The van der Waals surface area contributed by atoms with Crippen molar-refractivity contribution in [2.45, 2.75) is 19.8 Å². The fourth-order valence-electron chi connectivity index (χ4n) is 3.61. The maximum atomic E-state index is 12.3. The molecule has 0 spiro atoms. The predicted octanol–water partition coefficient (Wildman–Crippen LogP) is 5.10. The summed E-state index contributed by atoms with van der Waals surface area (Å²) in [6.07, 6.45) is -0.546. The second-order valence-corrected chi connectivity index (χ2v) is 8.49. The third-order valence-electron chi connectivity index (χ3n) is 5.11. The van der Waals surface area contributed by atoms with E-state index in [1.54, 1.807) is 19.2 Å². The summed E-state index contributed by atoms with van der Waals surface area (Å²) in [5.41, 5.74) is 4.02. The highest BCUT2D eigenvalue weighted by Gasteiger charge is 2.16. The molecule has 0 saturated heterocycles. The molecule has 0 aliphatic carbocycles. The zero-order valence-corrected chi connectivity index (χ0v) is 18.7. The standard InChI is InChI=1S/C22H19ClN4O4S/c1-29-20-8-13(23)2-4-16(20)17-10-15(32-26-17)11-31-22(28)24-14-3-5-19-18(9-14)25-21-12-30-7-6-27(19)21/h2-5,8-10H,6-7,11-12H2,1H3,(H,24,28). The Morgan fingerprint density at radius 3 is 3.06 bits per heavy atom. The Morgan fingerprint density at radius 2 is 2.19 bits per heavy atom. The highest BCUT2D eigenvalue weighted by atomic mass is 35.5. The quantitative estimate of drug-likeness (QED) is 0.436. The van der Waals surface area contributed by atoms with Crippen LogP contribution in [0.4, 0.5) is 10.5 Å². The van der Waals surface area contributed by atoms with Crippen molar-refractivity contribution in [3.8, 4) is 17.0 Å². The summed E-state index contributed by atoms with van der Waals surface area (Å²) in [6, 6.07) is 12.9. The van der Waals surface area contributed by atoms with E-state index >= 15 is 0 Å². The maximum Gasteiger partial charge on any atom is 0.411 e. The van der Waals surface area contributed by atoms with E-state index in [1.165, 1.54) is 11.5 Å². The van der Waals surface area contributed by atoms with Crippen LogP contribution in [-0.4, -0.2) is 33.7 Å². The van der Waals surface area contributed by atoms with Gasteiger partial charge in [0.05, 0.1) is 35.3 Å². The molecule has 1 amide bonds. The molecule has 1 aliphatic heterocycles. The van der Waals surface area contributed by atoms with E-state index in [4.69, 9.17) is 25.8 Å². The number of hydrogen-bond donors (Lipinski definition) is 1. The van der Waals surface area contributed by atoms with Gasteiger partial charge in [0.15, 0.2) is 0 Å². The SMILES string of the molecule is COc1cc(Cl)ccc1-c1cc(COC(=O)Nc2ccc3c(c2)nc2n3CCOC2)sn1. The van der Waals surface area contributed by atoms with Crippen molar-refractivity contribution in [2.75, 3.05) is 19.0 Å². The Balaban J connectivity index is 1.23. The van der Waals surface area contributed by atoms with E-state index < -0.39 is 6.09 Å². The number of methoxy groups -OCH3 is 1. The van der Waals surface area contributed by atoms with Crippen LogP contribution in [0.5, 0.6) is 5.75 Å². The highest BCUT2D eigenvalue weighted by Crippen LogP contribution is 2.33. The van der Waals surface area contributed by atoms with Crippen LogP contribution >= 0.6 is 23.1 Å². The molecule has 5 rings (SSSR count). The Bertz CT molecular complexity index is 1300. The lowest BCUT2D eigenvalue weighted by atomic mass is 10.1. The molecular weight excluding hydrogens is 452 g/mol. The Morgan fingerprint density at radius 1 is 1.28 bits per heavy atom. The van der Waals surface area contributed by atoms with Gasteiger partial charge in [-0.25, -0.2) is 9.78 Å². The number of anilines is 1. The van der Waals surface area contributed by atoms with E-state index in [0.29, 0.717) is 29.7 Å². The molecule has 0 atom stereocenters. The number of aromatic nitrogens is 3. The summed E-state index contributed by atoms with van der Waals surface area (Å²) in [4.78, 5) is 17.7. The van der Waals surface area contributed by atoms with E-state index in [0.717, 1.165) is 39.5 Å². The molecule has 2 aromatic heterocycles. The number of benzene rings is 2. The fourth-order valence-corrected chi connectivity index (χ4v) is 4.42. The molecule has 1 aliphatic rings. The van der Waals surface area contributed by atoms with Crippen molar-refractivity contribution in [3.05, 3.63) is 58.2 Å². The van der Waals surface area contributed by atoms with E-state index in [1.807, 2.05) is 30.3 Å². The summed E-state index contributed by atoms with van der Waals surface area (Å²) in [5, 5.41) is 3.34. The summed E-state index contributed by atoms with van der Waals surface area (Å²) in [5.74, 6) is 1.53. The number of rotatable bonds is 5. The minimum absolute atomic E-state index is 0.109. The van der Waals surface area contributed by atoms with Crippen LogP contribution in [0, 0.1) is 0 Å². The van der Waals surface area contributed by atoms with Gasteiger partial charge in [-0.05, 0) is 54.0 Å². The zero-order chi connectivity index (χ0) is 22.1. The van der Waals surface area contributed by atoms with Crippen molar-refractivity contribution < 1.29 is 19.0 Å². The second-order valence-electron chi connectivity index (χ2n) is 7.16. The lowest BCUT2D eigenvalue weighted by molar-refractivity contribution is 0.0830. The molecule has 0 unspecified atom stereocenters. The lowest BCUT2D eigenvalue weighted by Gasteiger charge is -2.14. The van der Waals surface area contributed by atoms with Crippen LogP contribution in [0.2, 0.25) is 5.02 Å². The number of halogens is 1. The van der Waals surface area contributed by atoms with Crippen LogP contribution in [0.1, 0.15) is 10.7 Å². The minimum Gasteiger partial charge on any atom is -0.496 e. The molecule has 0 saturated carbocycles. The average molecular weight is 471 g/mol. The topological polar surface area (TPSA) is 87.5 Å². The van der Waals surface area contributed by atoms with Gasteiger partial charge < -0.3 is 18.8 Å². The largest absolute Gasteiger partial charge is 0.496 e. The number of carbonyl (C=O) groups excluding carboxylic acids is 1. The molecule has 2 aromatic carbocycles. The van der Waals surface area contributed by atoms with Crippen LogP contribution in [0.25, 0.3) is 22.3 Å². The van der Waals surface area contributed by atoms with Crippen molar-refractivity contribution in [3.63, 3.8) is 0 Å². The number of carbonyl (C=O) groups is 1. The molecule has 1 N–H and O–H groups in total. The normalized spacial score (nSPS) is 13.1. The van der Waals surface area contributed by atoms with Gasteiger partial charge in [0, 0.05) is 22.8 Å². The van der Waals surface area contributed by atoms with Gasteiger partial charge in [0.2, 0.25) is 0 Å². The van der Waals surface area contributed by atoms with Crippen molar-refractivity contribution in [1.82, 2.24) is 13.9 Å². The molecule has 3 heterocycles. The molecule has 10 heteroatoms. The molecule has 0 fully saturated rings. The van der Waals surface area contributed by atoms with Crippen LogP contribution in [0.15, 0.2) is 42.5 Å². The number of imidazole rings is 1. The number of amides is 1. The summed E-state index contributed by atoms with van der Waals surface area (Å²) >= 11 is 7.29. The third kappa shape index (κ3) is 4.14. The molecule has 4 aromatic rings. The average Bonchev–Trinajstić information content (AvgIpc) is 3.41. The van der Waals surface area contributed by atoms with Crippen molar-refractivity contribution in [1.29, 1.82) is 0 Å². The summed E-state index contributed by atoms with van der Waals surface area (Å²) < 4.78 is 22.8. The van der Waals surface area contributed by atoms with E-state index in [9.17, 15) is 4.79 Å². The molecule has 0 bridgehead atoms. The van der Waals surface area contributed by atoms with Gasteiger partial charge in [0.25, 0.3) is 0 Å². The molecular formula is C22H19ClN4O4S. The fraction of sp³-hybridized carbons (Fsp3) is 0.227.